The Morgan fingerprint density at radius 1 is 1.53 bits per heavy atom. The van der Waals surface area contributed by atoms with Crippen molar-refractivity contribution in [3.8, 4) is 0 Å². The summed E-state index contributed by atoms with van der Waals surface area (Å²) < 4.78 is 14.5. The maximum absolute atomic E-state index is 11.9. The van der Waals surface area contributed by atoms with Gasteiger partial charge in [-0.3, -0.25) is 0 Å². The van der Waals surface area contributed by atoms with Crippen molar-refractivity contribution in [2.24, 2.45) is 0 Å². The monoisotopic (exact) mass is 275 g/mol. The van der Waals surface area contributed by atoms with Crippen LogP contribution in [-0.4, -0.2) is 20.4 Å². The summed E-state index contributed by atoms with van der Waals surface area (Å²) in [4.78, 5) is 11.9. The smallest absolute Gasteiger partial charge is 0.345 e. The van der Waals surface area contributed by atoms with E-state index in [1.165, 1.54) is 11.3 Å². The van der Waals surface area contributed by atoms with E-state index in [1.807, 2.05) is 27.7 Å². The van der Waals surface area contributed by atoms with E-state index in [-0.39, 0.29) is 10.8 Å². The van der Waals surface area contributed by atoms with Crippen LogP contribution < -0.4 is 4.72 Å². The minimum Gasteiger partial charge on any atom is -0.598 e. The Hall–Kier alpha value is -0.560. The van der Waals surface area contributed by atoms with Crippen LogP contribution in [-0.2, 0) is 11.4 Å². The van der Waals surface area contributed by atoms with Gasteiger partial charge in [0, 0.05) is 16.2 Å². The molecule has 0 amide bonds. The molecule has 0 fully saturated rings. The molecule has 0 saturated heterocycles. The molecule has 1 aromatic rings. The van der Waals surface area contributed by atoms with Crippen LogP contribution in [0.25, 0.3) is 0 Å². The molecule has 0 aromatic carbocycles. The summed E-state index contributed by atoms with van der Waals surface area (Å²) in [7, 11) is 0. The summed E-state index contributed by atoms with van der Waals surface area (Å²) in [6.45, 7) is 7.54. The third-order valence-corrected chi connectivity index (χ3v) is 5.04. The second-order valence-electron chi connectivity index (χ2n) is 4.73. The molecule has 4 nitrogen and oxygen atoms in total. The van der Waals surface area contributed by atoms with Crippen molar-refractivity contribution in [3.05, 3.63) is 21.9 Å². The summed E-state index contributed by atoms with van der Waals surface area (Å²) in [5, 5.41) is 8.82. The van der Waals surface area contributed by atoms with E-state index in [0.717, 1.165) is 4.88 Å². The average Bonchev–Trinajstić information content (AvgIpc) is 2.64. The number of hydrogen-bond donors (Lipinski definition) is 2. The molecule has 96 valence electrons. The molecule has 1 heterocycles. The third kappa shape index (κ3) is 3.99. The zero-order chi connectivity index (χ0) is 13.2. The van der Waals surface area contributed by atoms with Crippen LogP contribution in [0.3, 0.4) is 0 Å². The van der Waals surface area contributed by atoms with Gasteiger partial charge in [-0.2, -0.15) is 0 Å². The maximum atomic E-state index is 11.9. The molecule has 1 rings (SSSR count). The van der Waals surface area contributed by atoms with Gasteiger partial charge in [0.05, 0.1) is 6.04 Å². The fraction of sp³-hybridized carbons (Fsp3) is 0.545. The van der Waals surface area contributed by atoms with E-state index in [4.69, 9.17) is 5.11 Å². The molecule has 2 atom stereocenters. The number of carboxylic acid groups (broad SMARTS) is 1. The Labute approximate surface area is 108 Å². The molecule has 0 aliphatic carbocycles. The van der Waals surface area contributed by atoms with Crippen molar-refractivity contribution < 1.29 is 14.5 Å². The highest BCUT2D eigenvalue weighted by Gasteiger charge is 2.28. The van der Waals surface area contributed by atoms with Gasteiger partial charge in [0.2, 0.25) is 0 Å². The zero-order valence-electron chi connectivity index (χ0n) is 10.3. The second-order valence-corrected chi connectivity index (χ2v) is 7.84. The maximum Gasteiger partial charge on any atom is 0.345 e. The Kier molecular flexibility index (Phi) is 4.60. The minimum absolute atomic E-state index is 0.117. The number of carboxylic acids is 1. The normalized spacial score (nSPS) is 15.6. The highest BCUT2D eigenvalue weighted by atomic mass is 32.2. The van der Waals surface area contributed by atoms with Crippen LogP contribution in [0.15, 0.2) is 12.1 Å². The Balaban J connectivity index is 2.70. The van der Waals surface area contributed by atoms with Crippen LogP contribution >= 0.6 is 11.3 Å². The van der Waals surface area contributed by atoms with Crippen LogP contribution in [0.4, 0.5) is 0 Å². The number of aromatic carboxylic acids is 1. The largest absolute Gasteiger partial charge is 0.598 e. The first-order chi connectivity index (χ1) is 7.71. The number of thiophene rings is 1. The summed E-state index contributed by atoms with van der Waals surface area (Å²) in [6.07, 6.45) is 0. The quantitative estimate of drug-likeness (QED) is 0.828. The summed E-state index contributed by atoms with van der Waals surface area (Å²) in [5.74, 6) is -0.926. The van der Waals surface area contributed by atoms with E-state index in [0.29, 0.717) is 4.88 Å². The molecular formula is C11H17NO3S2. The van der Waals surface area contributed by atoms with E-state index in [1.54, 1.807) is 12.1 Å². The predicted octanol–water partition coefficient (Wildman–Crippen LogP) is 2.56. The first-order valence-corrected chi connectivity index (χ1v) is 7.19. The average molecular weight is 275 g/mol. The van der Waals surface area contributed by atoms with Crippen LogP contribution in [0.5, 0.6) is 0 Å². The van der Waals surface area contributed by atoms with Gasteiger partial charge in [-0.1, -0.05) is 0 Å². The van der Waals surface area contributed by atoms with Crippen molar-refractivity contribution in [3.63, 3.8) is 0 Å². The van der Waals surface area contributed by atoms with Crippen molar-refractivity contribution in [1.29, 1.82) is 0 Å². The first-order valence-electron chi connectivity index (χ1n) is 5.23. The first kappa shape index (κ1) is 14.5. The SMILES string of the molecule is C[C@@H](N[S+]([O-])C(C)(C)C)c1ccc(C(=O)O)s1. The third-order valence-electron chi connectivity index (χ3n) is 2.10. The Bertz CT molecular complexity index is 398. The molecule has 2 N–H and O–H groups in total. The van der Waals surface area contributed by atoms with Crippen LogP contribution in [0.1, 0.15) is 48.3 Å². The Morgan fingerprint density at radius 3 is 2.53 bits per heavy atom. The second kappa shape index (κ2) is 5.39. The van der Waals surface area contributed by atoms with E-state index < -0.39 is 17.3 Å². The fourth-order valence-electron chi connectivity index (χ4n) is 1.10. The summed E-state index contributed by atoms with van der Waals surface area (Å²) in [6, 6.07) is 3.21. The van der Waals surface area contributed by atoms with Gasteiger partial charge in [0.25, 0.3) is 0 Å². The number of rotatable bonds is 4. The van der Waals surface area contributed by atoms with Crippen LogP contribution in [0.2, 0.25) is 0 Å². The highest BCUT2D eigenvalue weighted by Crippen LogP contribution is 2.25. The van der Waals surface area contributed by atoms with E-state index in [9.17, 15) is 9.35 Å². The number of hydrogen-bond acceptors (Lipinski definition) is 4. The lowest BCUT2D eigenvalue weighted by Gasteiger charge is -2.26. The van der Waals surface area contributed by atoms with Gasteiger partial charge in [0.15, 0.2) is 0 Å². The molecule has 1 unspecified atom stereocenters. The van der Waals surface area contributed by atoms with Gasteiger partial charge in [-0.25, -0.2) is 4.79 Å². The Morgan fingerprint density at radius 2 is 2.12 bits per heavy atom. The fourth-order valence-corrected chi connectivity index (χ4v) is 2.82. The van der Waals surface area contributed by atoms with E-state index in [2.05, 4.69) is 4.72 Å². The van der Waals surface area contributed by atoms with E-state index >= 15 is 0 Å². The molecule has 0 aliphatic rings. The lowest BCUT2D eigenvalue weighted by atomic mass is 10.3. The molecule has 1 aromatic heterocycles. The van der Waals surface area contributed by atoms with Crippen LogP contribution in [0, 0.1) is 0 Å². The zero-order valence-corrected chi connectivity index (χ0v) is 11.9. The molecule has 0 aliphatic heterocycles. The van der Waals surface area contributed by atoms with Crippen molar-refractivity contribution in [1.82, 2.24) is 4.72 Å². The molecule has 0 bridgehead atoms. The molecule has 17 heavy (non-hydrogen) atoms. The van der Waals surface area contributed by atoms with Gasteiger partial charge in [-0.15, -0.1) is 16.1 Å². The van der Waals surface area contributed by atoms with Gasteiger partial charge >= 0.3 is 5.97 Å². The molecular weight excluding hydrogens is 258 g/mol. The summed E-state index contributed by atoms with van der Waals surface area (Å²) >= 11 is 0.0451. The molecule has 0 radical (unpaired) electrons. The van der Waals surface area contributed by atoms with Crippen molar-refractivity contribution >= 4 is 28.7 Å². The minimum atomic E-state index is -1.16. The number of nitrogens with one attached hydrogen (secondary N) is 1. The highest BCUT2D eigenvalue weighted by molar-refractivity contribution is 7.90. The van der Waals surface area contributed by atoms with Gasteiger partial charge < -0.3 is 9.66 Å². The lowest BCUT2D eigenvalue weighted by Crippen LogP contribution is -2.40. The summed E-state index contributed by atoms with van der Waals surface area (Å²) in [5.41, 5.74) is 0. The molecule has 0 saturated carbocycles. The van der Waals surface area contributed by atoms with Crippen molar-refractivity contribution in [2.75, 3.05) is 0 Å². The van der Waals surface area contributed by atoms with Gasteiger partial charge in [-0.05, 0) is 39.8 Å². The topological polar surface area (TPSA) is 72.4 Å². The van der Waals surface area contributed by atoms with Gasteiger partial charge in [0.1, 0.15) is 9.62 Å². The lowest BCUT2D eigenvalue weighted by molar-refractivity contribution is 0.0702. The predicted molar refractivity (Wildman–Crippen MR) is 70.7 cm³/mol. The standard InChI is InChI=1S/C11H17NO3S2/c1-7(12-17(15)11(2,3)4)8-5-6-9(16-8)10(13)14/h5-7,12H,1-4H3,(H,13,14)/t7-,17?/m1/s1. The van der Waals surface area contributed by atoms with Crippen molar-refractivity contribution in [2.45, 2.75) is 38.5 Å². The molecule has 6 heteroatoms. The number of carbonyl (C=O) groups is 1. The molecule has 0 spiro atoms.